The number of sulfonamides is 1. The molecule has 2 aromatic rings. The summed E-state index contributed by atoms with van der Waals surface area (Å²) < 4.78 is 58.0. The van der Waals surface area contributed by atoms with Gasteiger partial charge in [-0.15, -0.1) is 24.8 Å². The maximum absolute atomic E-state index is 13.0. The van der Waals surface area contributed by atoms with Gasteiger partial charge in [-0.1, -0.05) is 42.5 Å². The number of hydrogen-bond acceptors (Lipinski definition) is 5. The van der Waals surface area contributed by atoms with Crippen molar-refractivity contribution in [3.05, 3.63) is 54.1 Å². The Morgan fingerprint density at radius 3 is 2.56 bits per heavy atom. The molecule has 190 valence electrons. The van der Waals surface area contributed by atoms with Crippen LogP contribution < -0.4 is 20.1 Å². The van der Waals surface area contributed by atoms with Crippen molar-refractivity contribution in [3.8, 4) is 16.9 Å². The van der Waals surface area contributed by atoms with Crippen molar-refractivity contribution in [2.45, 2.75) is 37.1 Å². The lowest BCUT2D eigenvalue weighted by atomic mass is 9.92. The van der Waals surface area contributed by atoms with Gasteiger partial charge in [0.15, 0.2) is 0 Å². The second-order valence-electron chi connectivity index (χ2n) is 8.60. The molecule has 0 radical (unpaired) electrons. The minimum absolute atomic E-state index is 0. The van der Waals surface area contributed by atoms with E-state index in [0.717, 1.165) is 41.8 Å². The number of alkyl halides is 2. The van der Waals surface area contributed by atoms with Gasteiger partial charge in [0.05, 0.1) is 0 Å². The predicted octanol–water partition coefficient (Wildman–Crippen LogP) is 3.60. The summed E-state index contributed by atoms with van der Waals surface area (Å²) in [5.41, 5.74) is 2.71. The lowest BCUT2D eigenvalue weighted by Crippen LogP contribution is -2.49. The first-order chi connectivity index (χ1) is 15.3. The van der Waals surface area contributed by atoms with Crippen molar-refractivity contribution in [2.75, 3.05) is 26.7 Å². The fourth-order valence-corrected chi connectivity index (χ4v) is 5.35. The van der Waals surface area contributed by atoms with Crippen LogP contribution in [0.1, 0.15) is 18.4 Å². The number of hydrogen-bond donors (Lipinski definition) is 3. The Balaban J connectivity index is 0.00000204. The van der Waals surface area contributed by atoms with E-state index in [2.05, 4.69) is 21.4 Å². The monoisotopic (exact) mass is 537 g/mol. The smallest absolute Gasteiger partial charge is 0.350 e. The summed E-state index contributed by atoms with van der Waals surface area (Å²) in [6, 6.07) is 15.0. The molecule has 1 saturated heterocycles. The highest BCUT2D eigenvalue weighted by molar-refractivity contribution is 7.89. The summed E-state index contributed by atoms with van der Waals surface area (Å²) in [4.78, 5) is 0. The largest absolute Gasteiger partial charge is 0.492 e. The Morgan fingerprint density at radius 2 is 1.88 bits per heavy atom. The molecular weight excluding hydrogens is 507 g/mol. The number of halogens is 4. The molecule has 11 heteroatoms. The molecule has 34 heavy (non-hydrogen) atoms. The average molecular weight is 538 g/mol. The van der Waals surface area contributed by atoms with E-state index in [4.69, 9.17) is 4.74 Å². The summed E-state index contributed by atoms with van der Waals surface area (Å²) in [5, 5.41) is 6.43. The van der Waals surface area contributed by atoms with E-state index in [1.165, 1.54) is 0 Å². The van der Waals surface area contributed by atoms with Crippen LogP contribution in [0.15, 0.2) is 48.5 Å². The average Bonchev–Trinajstić information content (AvgIpc) is 3.50. The van der Waals surface area contributed by atoms with E-state index in [1.54, 1.807) is 0 Å². The Bertz CT molecular complexity index is 1060. The molecule has 1 heterocycles. The first-order valence-corrected chi connectivity index (χ1v) is 12.4. The molecule has 6 nitrogen and oxygen atoms in total. The fraction of sp³-hybridized carbons (Fsp3) is 0.478. The highest BCUT2D eigenvalue weighted by Crippen LogP contribution is 2.52. The summed E-state index contributed by atoms with van der Waals surface area (Å²) in [6.45, 7) is 1.92. The zero-order chi connectivity index (χ0) is 22.8. The second kappa shape index (κ2) is 12.0. The van der Waals surface area contributed by atoms with Gasteiger partial charge in [0.25, 0.3) is 10.0 Å². The molecule has 0 amide bonds. The van der Waals surface area contributed by atoms with Gasteiger partial charge >= 0.3 is 5.76 Å². The molecule has 1 aliphatic carbocycles. The standard InChI is InChI=1S/C23H29F2N3O3S.2ClH/c1-26-11-12-31-20-8-3-2-7-18(20)17-6-4-5-16(13-17)14-19-21(23(9-10-23)15-27-19)28-32(29,30)22(24)25;;/h2-8,13,19,21-22,26-28H,9-12,14-15H2,1H3;2*1H/t19-,21+;;/m0../s1. The number of nitrogens with one attached hydrogen (secondary N) is 3. The second-order valence-corrected chi connectivity index (χ2v) is 10.3. The molecule has 1 spiro atoms. The minimum Gasteiger partial charge on any atom is -0.492 e. The van der Waals surface area contributed by atoms with Crippen LogP contribution >= 0.6 is 24.8 Å². The van der Waals surface area contributed by atoms with Gasteiger partial charge in [-0.05, 0) is 43.5 Å². The Hall–Kier alpha value is -1.49. The van der Waals surface area contributed by atoms with Crippen molar-refractivity contribution in [1.82, 2.24) is 15.4 Å². The summed E-state index contributed by atoms with van der Waals surface area (Å²) in [5.74, 6) is -2.64. The maximum Gasteiger partial charge on any atom is 0.350 e. The first-order valence-electron chi connectivity index (χ1n) is 10.8. The van der Waals surface area contributed by atoms with E-state index in [9.17, 15) is 17.2 Å². The highest BCUT2D eigenvalue weighted by Gasteiger charge is 2.57. The van der Waals surface area contributed by atoms with E-state index in [0.29, 0.717) is 19.6 Å². The van der Waals surface area contributed by atoms with Crippen LogP contribution in [-0.4, -0.2) is 53.0 Å². The quantitative estimate of drug-likeness (QED) is 0.403. The third kappa shape index (κ3) is 6.38. The Kier molecular flexibility index (Phi) is 10.1. The third-order valence-corrected chi connectivity index (χ3v) is 7.44. The molecule has 2 atom stereocenters. The van der Waals surface area contributed by atoms with Crippen LogP contribution in [0, 0.1) is 5.41 Å². The van der Waals surface area contributed by atoms with Crippen molar-refractivity contribution in [2.24, 2.45) is 5.41 Å². The third-order valence-electron chi connectivity index (χ3n) is 6.39. The summed E-state index contributed by atoms with van der Waals surface area (Å²) in [6.07, 6.45) is 2.21. The van der Waals surface area contributed by atoms with Crippen molar-refractivity contribution < 1.29 is 21.9 Å². The zero-order valence-electron chi connectivity index (χ0n) is 18.8. The van der Waals surface area contributed by atoms with Gasteiger partial charge < -0.3 is 15.4 Å². The number of likely N-dealkylation sites (N-methyl/N-ethyl adjacent to an activating group) is 1. The molecule has 2 fully saturated rings. The molecule has 1 saturated carbocycles. The maximum atomic E-state index is 13.0. The lowest BCUT2D eigenvalue weighted by Gasteiger charge is -2.25. The van der Waals surface area contributed by atoms with E-state index >= 15 is 0 Å². The molecule has 1 aliphatic heterocycles. The van der Waals surface area contributed by atoms with Crippen LogP contribution in [0.4, 0.5) is 8.78 Å². The van der Waals surface area contributed by atoms with Crippen LogP contribution in [0.25, 0.3) is 11.1 Å². The van der Waals surface area contributed by atoms with Crippen molar-refractivity contribution in [3.63, 3.8) is 0 Å². The molecule has 4 rings (SSSR count). The molecule has 2 aliphatic rings. The van der Waals surface area contributed by atoms with Crippen molar-refractivity contribution in [1.29, 1.82) is 0 Å². The molecule has 2 aromatic carbocycles. The molecule has 0 aromatic heterocycles. The zero-order valence-corrected chi connectivity index (χ0v) is 21.2. The molecule has 3 N–H and O–H groups in total. The number of benzene rings is 2. The molecular formula is C23H31Cl2F2N3O3S. The van der Waals surface area contributed by atoms with Crippen molar-refractivity contribution >= 4 is 34.8 Å². The SMILES string of the molecule is CNCCOc1ccccc1-c1cccc(C[C@@H]2NCC3(CC3)[C@@H]2NS(=O)(=O)C(F)F)c1.Cl.Cl. The van der Waals surface area contributed by atoms with Gasteiger partial charge in [-0.25, -0.2) is 13.1 Å². The van der Waals surface area contributed by atoms with Crippen LogP contribution in [0.2, 0.25) is 0 Å². The summed E-state index contributed by atoms with van der Waals surface area (Å²) >= 11 is 0. The van der Waals surface area contributed by atoms with E-state index in [-0.39, 0.29) is 36.3 Å². The molecule has 0 unspecified atom stereocenters. The van der Waals surface area contributed by atoms with E-state index < -0.39 is 21.8 Å². The normalized spacial score (nSPS) is 20.6. The Morgan fingerprint density at radius 1 is 1.15 bits per heavy atom. The van der Waals surface area contributed by atoms with Gasteiger partial charge in [0.2, 0.25) is 0 Å². The van der Waals surface area contributed by atoms with E-state index in [1.807, 2.05) is 49.5 Å². The predicted molar refractivity (Wildman–Crippen MR) is 135 cm³/mol. The van der Waals surface area contributed by atoms with Gasteiger partial charge in [-0.2, -0.15) is 8.78 Å². The van der Waals surface area contributed by atoms with Crippen LogP contribution in [-0.2, 0) is 16.4 Å². The van der Waals surface area contributed by atoms with Gasteiger partial charge in [0.1, 0.15) is 12.4 Å². The minimum atomic E-state index is -4.65. The number of ether oxygens (including phenoxy) is 1. The topological polar surface area (TPSA) is 79.5 Å². The summed E-state index contributed by atoms with van der Waals surface area (Å²) in [7, 11) is -2.78. The van der Waals surface area contributed by atoms with Crippen LogP contribution in [0.5, 0.6) is 5.75 Å². The number of rotatable bonds is 10. The fourth-order valence-electron chi connectivity index (χ4n) is 4.48. The van der Waals surface area contributed by atoms with Crippen LogP contribution in [0.3, 0.4) is 0 Å². The Labute approximate surface area is 212 Å². The lowest BCUT2D eigenvalue weighted by molar-refractivity contribution is 0.229. The first kappa shape index (κ1) is 28.7. The molecule has 0 bridgehead atoms. The number of para-hydroxylation sites is 1. The van der Waals surface area contributed by atoms with Gasteiger partial charge in [0, 0.05) is 36.2 Å². The van der Waals surface area contributed by atoms with Gasteiger partial charge in [-0.3, -0.25) is 0 Å². The highest BCUT2D eigenvalue weighted by atomic mass is 35.5.